The number of hydrazone groups is 1. The van der Waals surface area contributed by atoms with Gasteiger partial charge in [0.25, 0.3) is 5.91 Å². The van der Waals surface area contributed by atoms with E-state index in [1.165, 1.54) is 0 Å². The van der Waals surface area contributed by atoms with Crippen LogP contribution in [0.3, 0.4) is 0 Å². The van der Waals surface area contributed by atoms with Gasteiger partial charge in [-0.3, -0.25) is 4.79 Å². The first-order valence-corrected chi connectivity index (χ1v) is 9.26. The summed E-state index contributed by atoms with van der Waals surface area (Å²) in [6, 6.07) is 25.2. The molecule has 1 amide bonds. The maximum Gasteiger partial charge on any atom is 0.260 e. The number of hydrogen-bond donors (Lipinski definition) is 1. The number of amides is 1. The summed E-state index contributed by atoms with van der Waals surface area (Å²) in [6.45, 7) is 0.648. The normalized spacial score (nSPS) is 11.0. The monoisotopic (exact) mass is 384 g/mol. The Bertz CT molecular complexity index is 1140. The quantitative estimate of drug-likeness (QED) is 0.390. The average molecular weight is 384 g/mol. The van der Waals surface area contributed by atoms with Gasteiger partial charge >= 0.3 is 0 Å². The molecule has 4 aromatic rings. The Morgan fingerprint density at radius 2 is 1.86 bits per heavy atom. The van der Waals surface area contributed by atoms with E-state index in [0.29, 0.717) is 6.61 Å². The number of ether oxygens (including phenoxy) is 1. The Morgan fingerprint density at radius 1 is 1.03 bits per heavy atom. The van der Waals surface area contributed by atoms with E-state index >= 15 is 0 Å². The van der Waals surface area contributed by atoms with E-state index in [1.807, 2.05) is 78.9 Å². The van der Waals surface area contributed by atoms with Crippen LogP contribution in [0.1, 0.15) is 11.1 Å². The minimum Gasteiger partial charge on any atom is -0.489 e. The number of fused-ring (bicyclic) bond motifs is 1. The van der Waals surface area contributed by atoms with Crippen molar-refractivity contribution in [2.24, 2.45) is 5.10 Å². The Labute approximate surface area is 168 Å². The molecule has 0 saturated carbocycles. The highest BCUT2D eigenvalue weighted by Gasteiger charge is 2.06. The number of benzene rings is 3. The molecule has 3 aromatic carbocycles. The van der Waals surface area contributed by atoms with Crippen molar-refractivity contribution in [1.29, 1.82) is 0 Å². The van der Waals surface area contributed by atoms with Gasteiger partial charge in [0.05, 0.1) is 23.6 Å². The molecule has 1 heterocycles. The number of nitrogens with zero attached hydrogens (tertiary/aromatic N) is 3. The molecule has 29 heavy (non-hydrogen) atoms. The van der Waals surface area contributed by atoms with E-state index in [-0.39, 0.29) is 12.5 Å². The van der Waals surface area contributed by atoms with Crippen molar-refractivity contribution in [2.45, 2.75) is 13.2 Å². The van der Waals surface area contributed by atoms with Crippen LogP contribution in [-0.2, 0) is 17.9 Å². The minimum absolute atomic E-state index is 0.151. The topological polar surface area (TPSA) is 68.5 Å². The third kappa shape index (κ3) is 4.87. The molecule has 0 fully saturated rings. The zero-order chi connectivity index (χ0) is 19.9. The second-order valence-electron chi connectivity index (χ2n) is 6.50. The Morgan fingerprint density at radius 3 is 2.76 bits per heavy atom. The van der Waals surface area contributed by atoms with E-state index in [4.69, 9.17) is 4.74 Å². The first-order valence-electron chi connectivity index (χ1n) is 9.26. The number of carbonyl (C=O) groups is 1. The first-order chi connectivity index (χ1) is 14.3. The van der Waals surface area contributed by atoms with Crippen molar-refractivity contribution in [1.82, 2.24) is 15.0 Å². The molecule has 4 rings (SSSR count). The van der Waals surface area contributed by atoms with Gasteiger partial charge in [0, 0.05) is 0 Å². The first kappa shape index (κ1) is 18.4. The zero-order valence-electron chi connectivity index (χ0n) is 15.7. The van der Waals surface area contributed by atoms with Gasteiger partial charge in [0.2, 0.25) is 0 Å². The van der Waals surface area contributed by atoms with Gasteiger partial charge in [-0.1, -0.05) is 54.6 Å². The van der Waals surface area contributed by atoms with E-state index < -0.39 is 0 Å². The number of imidazole rings is 1. The molecule has 0 radical (unpaired) electrons. The zero-order valence-corrected chi connectivity index (χ0v) is 15.7. The van der Waals surface area contributed by atoms with Crippen LogP contribution in [0.25, 0.3) is 11.0 Å². The molecule has 0 aliphatic rings. The number of aromatic nitrogens is 2. The Balaban J connectivity index is 1.32. The highest BCUT2D eigenvalue weighted by molar-refractivity contribution is 5.83. The molecule has 1 N–H and O–H groups in total. The molecule has 6 heteroatoms. The van der Waals surface area contributed by atoms with Gasteiger partial charge in [-0.05, 0) is 35.4 Å². The smallest absolute Gasteiger partial charge is 0.260 e. The van der Waals surface area contributed by atoms with Gasteiger partial charge < -0.3 is 9.30 Å². The fourth-order valence-corrected chi connectivity index (χ4v) is 2.93. The lowest BCUT2D eigenvalue weighted by Crippen LogP contribution is -2.22. The van der Waals surface area contributed by atoms with E-state index in [0.717, 1.165) is 27.9 Å². The number of hydrogen-bond acceptors (Lipinski definition) is 4. The molecule has 0 aliphatic carbocycles. The second kappa shape index (κ2) is 8.84. The molecule has 1 aromatic heterocycles. The van der Waals surface area contributed by atoms with Crippen LogP contribution in [0, 0.1) is 0 Å². The largest absolute Gasteiger partial charge is 0.489 e. The summed E-state index contributed by atoms with van der Waals surface area (Å²) in [6.07, 6.45) is 3.25. The summed E-state index contributed by atoms with van der Waals surface area (Å²) in [4.78, 5) is 16.5. The fraction of sp³-hybridized carbons (Fsp3) is 0.0870. The highest BCUT2D eigenvalue weighted by Crippen LogP contribution is 2.14. The summed E-state index contributed by atoms with van der Waals surface area (Å²) in [5.74, 6) is 0.523. The number of carbonyl (C=O) groups excluding carboxylic acids is 1. The van der Waals surface area contributed by atoms with Crippen LogP contribution < -0.4 is 10.2 Å². The van der Waals surface area contributed by atoms with Crippen LogP contribution >= 0.6 is 0 Å². The number of para-hydroxylation sites is 2. The predicted octanol–water partition coefficient (Wildman–Crippen LogP) is 3.77. The summed E-state index contributed by atoms with van der Waals surface area (Å²) >= 11 is 0. The lowest BCUT2D eigenvalue weighted by molar-refractivity contribution is -0.121. The van der Waals surface area contributed by atoms with Crippen LogP contribution in [0.5, 0.6) is 5.75 Å². The van der Waals surface area contributed by atoms with Crippen molar-refractivity contribution in [2.75, 3.05) is 0 Å². The SMILES string of the molecule is O=C(Cn1cnc2ccccc21)N/N=C/c1cccc(OCc2ccccc2)c1. The number of nitrogens with one attached hydrogen (secondary N) is 1. The van der Waals surface area contributed by atoms with Crippen LogP contribution in [-0.4, -0.2) is 21.7 Å². The Kier molecular flexibility index (Phi) is 5.62. The molecule has 0 bridgehead atoms. The second-order valence-corrected chi connectivity index (χ2v) is 6.50. The van der Waals surface area contributed by atoms with Gasteiger partial charge in [-0.2, -0.15) is 5.10 Å². The maximum absolute atomic E-state index is 12.2. The summed E-state index contributed by atoms with van der Waals surface area (Å²) in [5.41, 5.74) is 6.26. The minimum atomic E-state index is -0.221. The van der Waals surface area contributed by atoms with Crippen LogP contribution in [0.4, 0.5) is 0 Å². The van der Waals surface area contributed by atoms with Crippen molar-refractivity contribution in [3.63, 3.8) is 0 Å². The average Bonchev–Trinajstić information content (AvgIpc) is 3.16. The molecule has 0 unspecified atom stereocenters. The highest BCUT2D eigenvalue weighted by atomic mass is 16.5. The molecule has 0 spiro atoms. The molecular weight excluding hydrogens is 364 g/mol. The fourth-order valence-electron chi connectivity index (χ4n) is 2.93. The van der Waals surface area contributed by atoms with Gasteiger partial charge in [-0.25, -0.2) is 10.4 Å². The van der Waals surface area contributed by atoms with Gasteiger partial charge in [0.15, 0.2) is 0 Å². The lowest BCUT2D eigenvalue weighted by atomic mass is 10.2. The van der Waals surface area contributed by atoms with Crippen molar-refractivity contribution in [3.8, 4) is 5.75 Å². The van der Waals surface area contributed by atoms with Gasteiger partial charge in [-0.15, -0.1) is 0 Å². The standard InChI is InChI=1S/C23H20N4O2/c28-23(15-27-17-24-21-11-4-5-12-22(21)27)26-25-14-19-9-6-10-20(13-19)29-16-18-7-2-1-3-8-18/h1-14,17H,15-16H2,(H,26,28)/b25-14+. The molecule has 6 nitrogen and oxygen atoms in total. The van der Waals surface area contributed by atoms with Crippen molar-refractivity contribution >= 4 is 23.2 Å². The van der Waals surface area contributed by atoms with E-state index in [1.54, 1.807) is 17.1 Å². The molecule has 0 atom stereocenters. The lowest BCUT2D eigenvalue weighted by Gasteiger charge is -2.07. The number of rotatable bonds is 7. The third-order valence-corrected chi connectivity index (χ3v) is 4.35. The van der Waals surface area contributed by atoms with Gasteiger partial charge in [0.1, 0.15) is 18.9 Å². The summed E-state index contributed by atoms with van der Waals surface area (Å²) < 4.78 is 7.60. The van der Waals surface area contributed by atoms with Crippen molar-refractivity contribution < 1.29 is 9.53 Å². The van der Waals surface area contributed by atoms with Crippen LogP contribution in [0.15, 0.2) is 90.3 Å². The molecule has 144 valence electrons. The van der Waals surface area contributed by atoms with E-state index in [2.05, 4.69) is 15.5 Å². The van der Waals surface area contributed by atoms with Crippen LogP contribution in [0.2, 0.25) is 0 Å². The molecule has 0 aliphatic heterocycles. The molecule has 0 saturated heterocycles. The van der Waals surface area contributed by atoms with E-state index in [9.17, 15) is 4.79 Å². The third-order valence-electron chi connectivity index (χ3n) is 4.35. The maximum atomic E-state index is 12.2. The van der Waals surface area contributed by atoms with Crippen molar-refractivity contribution in [3.05, 3.63) is 96.3 Å². The predicted molar refractivity (Wildman–Crippen MR) is 113 cm³/mol. The Hall–Kier alpha value is -3.93. The summed E-state index contributed by atoms with van der Waals surface area (Å²) in [5, 5.41) is 4.05. The summed E-state index contributed by atoms with van der Waals surface area (Å²) in [7, 11) is 0. The molecular formula is C23H20N4O2.